The van der Waals surface area contributed by atoms with Crippen LogP contribution in [0.25, 0.3) is 0 Å². The van der Waals surface area contributed by atoms with Gasteiger partial charge in [-0.2, -0.15) is 20.1 Å². The van der Waals surface area contributed by atoms with Gasteiger partial charge in [0.05, 0.1) is 6.21 Å². The molecule has 138 valence electrons. The summed E-state index contributed by atoms with van der Waals surface area (Å²) in [4.78, 5) is 14.6. The van der Waals surface area contributed by atoms with Crippen molar-refractivity contribution in [2.75, 3.05) is 29.7 Å². The first-order valence-electron chi connectivity index (χ1n) is 8.00. The van der Waals surface area contributed by atoms with Crippen molar-refractivity contribution >= 4 is 41.3 Å². The lowest BCUT2D eigenvalue weighted by atomic mass is 10.2. The minimum Gasteiger partial charge on any atom is -0.347 e. The lowest BCUT2D eigenvalue weighted by molar-refractivity contribution is 0.628. The van der Waals surface area contributed by atoms with Gasteiger partial charge in [-0.25, -0.2) is 9.82 Å². The second kappa shape index (κ2) is 8.41. The van der Waals surface area contributed by atoms with Gasteiger partial charge in [0.15, 0.2) is 0 Å². The predicted molar refractivity (Wildman–Crippen MR) is 107 cm³/mol. The summed E-state index contributed by atoms with van der Waals surface area (Å²) in [6.45, 7) is 0. The van der Waals surface area contributed by atoms with Gasteiger partial charge < -0.3 is 10.2 Å². The summed E-state index contributed by atoms with van der Waals surface area (Å²) in [5, 5.41) is 7.81. The first-order valence-corrected chi connectivity index (χ1v) is 8.38. The third-order valence-electron chi connectivity index (χ3n) is 3.37. The molecular formula is C18H17ClFN7. The van der Waals surface area contributed by atoms with E-state index in [2.05, 4.69) is 30.8 Å². The highest BCUT2D eigenvalue weighted by atomic mass is 35.5. The van der Waals surface area contributed by atoms with Crippen LogP contribution >= 0.6 is 11.6 Å². The zero-order valence-electron chi connectivity index (χ0n) is 14.7. The van der Waals surface area contributed by atoms with E-state index in [1.54, 1.807) is 35.4 Å². The molecule has 0 saturated heterocycles. The van der Waals surface area contributed by atoms with Gasteiger partial charge in [0.1, 0.15) is 5.82 Å². The normalized spacial score (nSPS) is 10.8. The molecule has 0 aliphatic carbocycles. The quantitative estimate of drug-likeness (QED) is 0.494. The fourth-order valence-electron chi connectivity index (χ4n) is 2.05. The number of benzene rings is 2. The van der Waals surface area contributed by atoms with Crippen molar-refractivity contribution in [2.45, 2.75) is 0 Å². The molecule has 7 nitrogen and oxygen atoms in total. The predicted octanol–water partition coefficient (Wildman–Crippen LogP) is 3.92. The highest BCUT2D eigenvalue weighted by Crippen LogP contribution is 2.17. The Kier molecular flexibility index (Phi) is 5.77. The summed E-state index contributed by atoms with van der Waals surface area (Å²) < 4.78 is 13.1. The molecular weight excluding hydrogens is 369 g/mol. The van der Waals surface area contributed by atoms with Crippen LogP contribution in [0.5, 0.6) is 0 Å². The third kappa shape index (κ3) is 5.35. The minimum atomic E-state index is -0.316. The number of hydrazone groups is 1. The molecule has 0 saturated carbocycles. The molecule has 2 aromatic carbocycles. The Hall–Kier alpha value is -3.26. The number of aromatic nitrogens is 3. The van der Waals surface area contributed by atoms with E-state index >= 15 is 0 Å². The fourth-order valence-corrected chi connectivity index (χ4v) is 2.17. The Morgan fingerprint density at radius 3 is 2.30 bits per heavy atom. The summed E-state index contributed by atoms with van der Waals surface area (Å²) in [5.41, 5.74) is 4.31. The topological polar surface area (TPSA) is 78.3 Å². The van der Waals surface area contributed by atoms with E-state index in [4.69, 9.17) is 11.6 Å². The number of halogens is 2. The summed E-state index contributed by atoms with van der Waals surface area (Å²) in [7, 11) is 3.63. The molecule has 0 spiro atoms. The molecule has 2 N–H and O–H groups in total. The molecule has 1 aromatic heterocycles. The average molecular weight is 386 g/mol. The molecule has 0 atom stereocenters. The van der Waals surface area contributed by atoms with Crippen LogP contribution in [0, 0.1) is 5.82 Å². The van der Waals surface area contributed by atoms with Gasteiger partial charge in [0.25, 0.3) is 0 Å². The van der Waals surface area contributed by atoms with Gasteiger partial charge >= 0.3 is 0 Å². The second-order valence-electron chi connectivity index (χ2n) is 5.73. The van der Waals surface area contributed by atoms with Crippen LogP contribution in [0.3, 0.4) is 0 Å². The lowest BCUT2D eigenvalue weighted by Gasteiger charge is -2.13. The van der Waals surface area contributed by atoms with Gasteiger partial charge in [-0.1, -0.05) is 23.7 Å². The van der Waals surface area contributed by atoms with Gasteiger partial charge in [0.2, 0.25) is 17.8 Å². The maximum atomic E-state index is 13.1. The molecule has 9 heteroatoms. The van der Waals surface area contributed by atoms with E-state index in [-0.39, 0.29) is 11.8 Å². The van der Waals surface area contributed by atoms with E-state index in [0.717, 1.165) is 5.56 Å². The molecule has 0 aliphatic rings. The fraction of sp³-hybridized carbons (Fsp3) is 0.111. The van der Waals surface area contributed by atoms with Crippen LogP contribution in [-0.4, -0.2) is 35.3 Å². The Balaban J connectivity index is 1.78. The van der Waals surface area contributed by atoms with Gasteiger partial charge in [-0.15, -0.1) is 0 Å². The number of nitrogens with one attached hydrogen (secondary N) is 2. The number of nitrogens with zero attached hydrogens (tertiary/aromatic N) is 5. The highest BCUT2D eigenvalue weighted by molar-refractivity contribution is 6.30. The van der Waals surface area contributed by atoms with Crippen LogP contribution in [0.1, 0.15) is 5.56 Å². The van der Waals surface area contributed by atoms with E-state index < -0.39 is 0 Å². The summed E-state index contributed by atoms with van der Waals surface area (Å²) in [6, 6.07) is 13.1. The molecule has 3 aromatic rings. The summed E-state index contributed by atoms with van der Waals surface area (Å²) in [5.74, 6) is 0.705. The Bertz CT molecular complexity index is 927. The maximum Gasteiger partial charge on any atom is 0.250 e. The molecule has 0 fully saturated rings. The van der Waals surface area contributed by atoms with Crippen molar-refractivity contribution in [1.82, 2.24) is 15.0 Å². The van der Waals surface area contributed by atoms with Crippen LogP contribution in [0.2, 0.25) is 5.02 Å². The molecule has 0 bridgehead atoms. The average Bonchev–Trinajstić information content (AvgIpc) is 2.65. The smallest absolute Gasteiger partial charge is 0.250 e. The van der Waals surface area contributed by atoms with Gasteiger partial charge in [-0.3, -0.25) is 0 Å². The number of hydrogen-bond donors (Lipinski definition) is 2. The van der Waals surface area contributed by atoms with Gasteiger partial charge in [-0.05, 0) is 42.0 Å². The van der Waals surface area contributed by atoms with Crippen molar-refractivity contribution in [2.24, 2.45) is 5.10 Å². The second-order valence-corrected chi connectivity index (χ2v) is 6.17. The van der Waals surface area contributed by atoms with Crippen LogP contribution in [0.4, 0.5) is 27.9 Å². The van der Waals surface area contributed by atoms with E-state index in [1.807, 2.05) is 26.2 Å². The first-order chi connectivity index (χ1) is 13.0. The largest absolute Gasteiger partial charge is 0.347 e. The van der Waals surface area contributed by atoms with Crippen molar-refractivity contribution < 1.29 is 4.39 Å². The SMILES string of the molecule is CN(C)c1nc(N/N=C\c2ccc(Cl)cc2)nc(Nc2ccc(F)cc2)n1. The van der Waals surface area contributed by atoms with Gasteiger partial charge in [0, 0.05) is 24.8 Å². The summed E-state index contributed by atoms with van der Waals surface area (Å²) >= 11 is 5.86. The van der Waals surface area contributed by atoms with Crippen LogP contribution in [0.15, 0.2) is 53.6 Å². The number of hydrogen-bond acceptors (Lipinski definition) is 7. The lowest BCUT2D eigenvalue weighted by Crippen LogP contribution is -2.15. The highest BCUT2D eigenvalue weighted by Gasteiger charge is 2.08. The molecule has 1 heterocycles. The number of rotatable bonds is 6. The first kappa shape index (κ1) is 18.5. The zero-order chi connectivity index (χ0) is 19.2. The Morgan fingerprint density at radius 2 is 1.63 bits per heavy atom. The maximum absolute atomic E-state index is 13.1. The van der Waals surface area contributed by atoms with Crippen molar-refractivity contribution in [3.8, 4) is 0 Å². The van der Waals surface area contributed by atoms with Crippen LogP contribution in [-0.2, 0) is 0 Å². The standard InChI is InChI=1S/C18H17ClFN7/c1-27(2)18-24-16(22-15-9-7-14(20)8-10-15)23-17(25-18)26-21-11-12-3-5-13(19)6-4-12/h3-11H,1-2H3,(H2,22,23,24,25,26)/b21-11-. The molecule has 0 aliphatic heterocycles. The Labute approximate surface area is 160 Å². The van der Waals surface area contributed by atoms with Crippen molar-refractivity contribution in [3.05, 3.63) is 64.9 Å². The minimum absolute atomic E-state index is 0.267. The monoisotopic (exact) mass is 385 g/mol. The summed E-state index contributed by atoms with van der Waals surface area (Å²) in [6.07, 6.45) is 1.63. The van der Waals surface area contributed by atoms with E-state index in [9.17, 15) is 4.39 Å². The molecule has 27 heavy (non-hydrogen) atoms. The zero-order valence-corrected chi connectivity index (χ0v) is 15.4. The molecule has 0 amide bonds. The Morgan fingerprint density at radius 1 is 0.963 bits per heavy atom. The number of anilines is 4. The van der Waals surface area contributed by atoms with E-state index in [1.165, 1.54) is 12.1 Å². The van der Waals surface area contributed by atoms with E-state index in [0.29, 0.717) is 22.6 Å². The van der Waals surface area contributed by atoms with Crippen molar-refractivity contribution in [1.29, 1.82) is 0 Å². The van der Waals surface area contributed by atoms with Crippen LogP contribution < -0.4 is 15.6 Å². The molecule has 0 unspecified atom stereocenters. The third-order valence-corrected chi connectivity index (χ3v) is 3.62. The van der Waals surface area contributed by atoms with Crippen molar-refractivity contribution in [3.63, 3.8) is 0 Å². The molecule has 0 radical (unpaired) electrons. The molecule has 3 rings (SSSR count).